The van der Waals surface area contributed by atoms with E-state index in [-0.39, 0.29) is 17.0 Å². The number of rotatable bonds is 6. The van der Waals surface area contributed by atoms with Crippen molar-refractivity contribution in [2.24, 2.45) is 0 Å². The second-order valence-electron chi connectivity index (χ2n) is 11.0. The fourth-order valence-electron chi connectivity index (χ4n) is 5.52. The molecular formula is C29H32ClN5O4S. The molecule has 0 aliphatic heterocycles. The molecule has 1 amide bonds. The molecule has 2 heterocycles. The Labute approximate surface area is 238 Å². The van der Waals surface area contributed by atoms with E-state index in [1.54, 1.807) is 53.6 Å². The Hall–Kier alpha value is -3.63. The van der Waals surface area contributed by atoms with Gasteiger partial charge in [-0.1, -0.05) is 48.0 Å². The van der Waals surface area contributed by atoms with Crippen molar-refractivity contribution in [3.05, 3.63) is 72.0 Å². The lowest BCUT2D eigenvalue weighted by molar-refractivity contribution is 0.0556. The van der Waals surface area contributed by atoms with Crippen molar-refractivity contribution in [2.45, 2.75) is 69.0 Å². The first kappa shape index (κ1) is 27.9. The Balaban J connectivity index is 1.43. The molecule has 2 aromatic carbocycles. The number of carbonyl (C=O) groups is 1. The van der Waals surface area contributed by atoms with Crippen molar-refractivity contribution in [3.63, 3.8) is 0 Å². The van der Waals surface area contributed by atoms with E-state index in [4.69, 9.17) is 16.6 Å². The van der Waals surface area contributed by atoms with Crippen LogP contribution in [0.4, 0.5) is 10.7 Å². The van der Waals surface area contributed by atoms with Crippen LogP contribution in [0.15, 0.2) is 71.9 Å². The van der Waals surface area contributed by atoms with E-state index in [2.05, 4.69) is 10.3 Å². The Morgan fingerprint density at radius 1 is 1.05 bits per heavy atom. The number of amides is 1. The summed E-state index contributed by atoms with van der Waals surface area (Å²) in [7, 11) is -3.86. The molecular weight excluding hydrogens is 550 g/mol. The second kappa shape index (κ2) is 10.7. The van der Waals surface area contributed by atoms with E-state index in [9.17, 15) is 18.3 Å². The lowest BCUT2D eigenvalue weighted by Gasteiger charge is -2.42. The zero-order valence-electron chi connectivity index (χ0n) is 22.6. The van der Waals surface area contributed by atoms with Crippen LogP contribution in [0, 0.1) is 0 Å². The Morgan fingerprint density at radius 3 is 2.35 bits per heavy atom. The standard InChI is InChI=1S/C29H32ClN5O4S/c1-29(2,3)35(28(36)37)20-15-13-19(14-16-20)32-27-31-17-24(30)26(33-27)23-18-34(25-12-8-7-11-22(23)25)40(38,39)21-9-5-4-6-10-21/h4-12,17-20H,13-16H2,1-3H3,(H,36,37)(H,31,32,33). The highest BCUT2D eigenvalue weighted by Crippen LogP contribution is 2.36. The maximum Gasteiger partial charge on any atom is 0.407 e. The number of anilines is 1. The lowest BCUT2D eigenvalue weighted by Crippen LogP contribution is -2.52. The van der Waals surface area contributed by atoms with Crippen molar-refractivity contribution >= 4 is 44.6 Å². The normalized spacial score (nSPS) is 18.0. The number of aromatic nitrogens is 3. The maximum absolute atomic E-state index is 13.5. The van der Waals surface area contributed by atoms with Crippen LogP contribution in [-0.4, -0.2) is 56.1 Å². The van der Waals surface area contributed by atoms with Gasteiger partial charge in [-0.15, -0.1) is 0 Å². The highest BCUT2D eigenvalue weighted by molar-refractivity contribution is 7.90. The zero-order chi connectivity index (χ0) is 28.7. The minimum Gasteiger partial charge on any atom is -0.465 e. The lowest BCUT2D eigenvalue weighted by atomic mass is 9.88. The van der Waals surface area contributed by atoms with Crippen molar-refractivity contribution in [1.29, 1.82) is 0 Å². The van der Waals surface area contributed by atoms with Crippen molar-refractivity contribution in [3.8, 4) is 11.3 Å². The van der Waals surface area contributed by atoms with Gasteiger partial charge in [0.25, 0.3) is 10.0 Å². The summed E-state index contributed by atoms with van der Waals surface area (Å²) in [5.41, 5.74) is 1.05. The molecule has 4 aromatic rings. The van der Waals surface area contributed by atoms with Crippen molar-refractivity contribution < 1.29 is 18.3 Å². The zero-order valence-corrected chi connectivity index (χ0v) is 24.2. The SMILES string of the molecule is CC(C)(C)N(C(=O)O)C1CCC(Nc2ncc(Cl)c(-c3cn(S(=O)(=O)c4ccccc4)c4ccccc34)n2)CC1. The quantitative estimate of drug-likeness (QED) is 0.267. The van der Waals surface area contributed by atoms with Crippen LogP contribution in [0.25, 0.3) is 22.2 Å². The number of hydrogen-bond donors (Lipinski definition) is 2. The van der Waals surface area contributed by atoms with Crippen molar-refractivity contribution in [2.75, 3.05) is 5.32 Å². The topological polar surface area (TPSA) is 117 Å². The van der Waals surface area contributed by atoms with E-state index >= 15 is 0 Å². The second-order valence-corrected chi connectivity index (χ2v) is 13.3. The monoisotopic (exact) mass is 581 g/mol. The van der Waals surface area contributed by atoms with E-state index in [0.29, 0.717) is 33.1 Å². The van der Waals surface area contributed by atoms with E-state index in [0.717, 1.165) is 25.7 Å². The highest BCUT2D eigenvalue weighted by Gasteiger charge is 2.35. The molecule has 9 nitrogen and oxygen atoms in total. The number of nitrogens with one attached hydrogen (secondary N) is 1. The molecule has 1 fully saturated rings. The largest absolute Gasteiger partial charge is 0.465 e. The fraction of sp³-hybridized carbons (Fsp3) is 0.345. The molecule has 0 saturated heterocycles. The first-order valence-corrected chi connectivity index (χ1v) is 15.0. The van der Waals surface area contributed by atoms with E-state index < -0.39 is 21.7 Å². The van der Waals surface area contributed by atoms with Crippen LogP contribution in [-0.2, 0) is 10.0 Å². The average molecular weight is 582 g/mol. The van der Waals surface area contributed by atoms with Crippen LogP contribution >= 0.6 is 11.6 Å². The molecule has 0 unspecified atom stereocenters. The average Bonchev–Trinajstić information content (AvgIpc) is 3.31. The minimum absolute atomic E-state index is 0.0464. The molecule has 0 atom stereocenters. The number of hydrogen-bond acceptors (Lipinski definition) is 6. The number of halogens is 1. The molecule has 2 aromatic heterocycles. The van der Waals surface area contributed by atoms with Gasteiger partial charge >= 0.3 is 6.09 Å². The molecule has 40 heavy (non-hydrogen) atoms. The van der Waals surface area contributed by atoms with Crippen LogP contribution < -0.4 is 5.32 Å². The Kier molecular flexibility index (Phi) is 7.50. The molecule has 5 rings (SSSR count). The van der Waals surface area contributed by atoms with Gasteiger partial charge in [0, 0.05) is 34.8 Å². The molecule has 0 radical (unpaired) electrons. The number of fused-ring (bicyclic) bond motifs is 1. The van der Waals surface area contributed by atoms with Gasteiger partial charge in [-0.3, -0.25) is 0 Å². The highest BCUT2D eigenvalue weighted by atomic mass is 35.5. The van der Waals surface area contributed by atoms with Crippen LogP contribution in [0.3, 0.4) is 0 Å². The van der Waals surface area contributed by atoms with Crippen LogP contribution in [0.1, 0.15) is 46.5 Å². The summed E-state index contributed by atoms with van der Waals surface area (Å²) < 4.78 is 28.3. The van der Waals surface area contributed by atoms with Gasteiger partial charge in [-0.25, -0.2) is 27.2 Å². The van der Waals surface area contributed by atoms with Crippen LogP contribution in [0.2, 0.25) is 5.02 Å². The van der Waals surface area contributed by atoms with Gasteiger partial charge in [-0.05, 0) is 64.7 Å². The third-order valence-corrected chi connectivity index (χ3v) is 9.27. The smallest absolute Gasteiger partial charge is 0.407 e. The predicted octanol–water partition coefficient (Wildman–Crippen LogP) is 6.49. The Morgan fingerprint density at radius 2 is 1.70 bits per heavy atom. The van der Waals surface area contributed by atoms with E-state index in [1.807, 2.05) is 32.9 Å². The first-order valence-electron chi connectivity index (χ1n) is 13.2. The summed E-state index contributed by atoms with van der Waals surface area (Å²) in [5, 5.41) is 14.1. The van der Waals surface area contributed by atoms with Gasteiger partial charge < -0.3 is 15.3 Å². The molecule has 2 N–H and O–H groups in total. The summed E-state index contributed by atoms with van der Waals surface area (Å²) in [4.78, 5) is 22.7. The summed E-state index contributed by atoms with van der Waals surface area (Å²) in [6.45, 7) is 5.74. The van der Waals surface area contributed by atoms with E-state index in [1.165, 1.54) is 10.2 Å². The molecule has 0 bridgehead atoms. The first-order chi connectivity index (χ1) is 19.0. The molecule has 1 saturated carbocycles. The molecule has 210 valence electrons. The summed E-state index contributed by atoms with van der Waals surface area (Å²) in [6.07, 6.45) is 5.16. The number of nitrogens with zero attached hydrogens (tertiary/aromatic N) is 4. The van der Waals surface area contributed by atoms with Gasteiger partial charge in [0.05, 0.1) is 27.3 Å². The maximum atomic E-state index is 13.5. The third kappa shape index (κ3) is 5.38. The number of para-hydroxylation sites is 1. The molecule has 1 aliphatic rings. The van der Waals surface area contributed by atoms with Crippen LogP contribution in [0.5, 0.6) is 0 Å². The van der Waals surface area contributed by atoms with Gasteiger partial charge in [0.2, 0.25) is 5.95 Å². The fourth-order valence-corrected chi connectivity index (χ4v) is 7.10. The van der Waals surface area contributed by atoms with Gasteiger partial charge in [-0.2, -0.15) is 0 Å². The van der Waals surface area contributed by atoms with Crippen molar-refractivity contribution in [1.82, 2.24) is 18.8 Å². The summed E-state index contributed by atoms with van der Waals surface area (Å²) >= 11 is 6.57. The minimum atomic E-state index is -3.86. The molecule has 0 spiro atoms. The molecule has 11 heteroatoms. The summed E-state index contributed by atoms with van der Waals surface area (Å²) in [6, 6.07) is 15.5. The number of carboxylic acid groups (broad SMARTS) is 1. The summed E-state index contributed by atoms with van der Waals surface area (Å²) in [5.74, 6) is 0.386. The third-order valence-electron chi connectivity index (χ3n) is 7.30. The predicted molar refractivity (Wildman–Crippen MR) is 156 cm³/mol. The molecule has 1 aliphatic carbocycles. The number of benzene rings is 2. The van der Waals surface area contributed by atoms with Gasteiger partial charge in [0.15, 0.2) is 0 Å². The van der Waals surface area contributed by atoms with Gasteiger partial charge in [0.1, 0.15) is 0 Å². The Bertz CT molecular complexity index is 1640.